The third-order valence-electron chi connectivity index (χ3n) is 2.11. The van der Waals surface area contributed by atoms with Crippen LogP contribution in [0.4, 0.5) is 0 Å². The fourth-order valence-electron chi connectivity index (χ4n) is 1.31. The summed E-state index contributed by atoms with van der Waals surface area (Å²) in [4.78, 5) is 0. The summed E-state index contributed by atoms with van der Waals surface area (Å²) in [7, 11) is 0. The lowest BCUT2D eigenvalue weighted by molar-refractivity contribution is 0.398. The van der Waals surface area contributed by atoms with Crippen molar-refractivity contribution < 1.29 is 4.52 Å². The summed E-state index contributed by atoms with van der Waals surface area (Å²) in [5, 5.41) is 3.75. The first-order chi connectivity index (χ1) is 6.27. The van der Waals surface area contributed by atoms with Crippen LogP contribution in [-0.4, -0.2) is 5.16 Å². The predicted molar refractivity (Wildman–Crippen MR) is 51.4 cm³/mol. The Hall–Kier alpha value is -1.57. The number of aromatic nitrogens is 1. The second kappa shape index (κ2) is 3.05. The molecule has 66 valence electrons. The third kappa shape index (κ3) is 1.47. The maximum absolute atomic E-state index is 5.00. The molecular weight excluding hydrogens is 162 g/mol. The van der Waals surface area contributed by atoms with Gasteiger partial charge in [0.15, 0.2) is 0 Å². The Morgan fingerprint density at radius 1 is 1.08 bits per heavy atom. The summed E-state index contributed by atoms with van der Waals surface area (Å²) >= 11 is 0. The Labute approximate surface area is 77.2 Å². The largest absolute Gasteiger partial charge is 0.361 e. The highest BCUT2D eigenvalue weighted by atomic mass is 16.5. The molecule has 0 radical (unpaired) electrons. The van der Waals surface area contributed by atoms with Gasteiger partial charge in [-0.15, -0.1) is 0 Å². The molecule has 2 rings (SSSR count). The van der Waals surface area contributed by atoms with Crippen LogP contribution >= 0.6 is 0 Å². The third-order valence-corrected chi connectivity index (χ3v) is 2.11. The van der Waals surface area contributed by atoms with E-state index in [0.29, 0.717) is 0 Å². The molecule has 0 saturated heterocycles. The van der Waals surface area contributed by atoms with Crippen LogP contribution in [0.2, 0.25) is 0 Å². The van der Waals surface area contributed by atoms with Crippen molar-refractivity contribution in [2.24, 2.45) is 0 Å². The first-order valence-electron chi connectivity index (χ1n) is 4.25. The molecule has 0 saturated carbocycles. The normalized spacial score (nSPS) is 10.3. The van der Waals surface area contributed by atoms with Gasteiger partial charge in [0.2, 0.25) is 0 Å². The van der Waals surface area contributed by atoms with Gasteiger partial charge in [-0.1, -0.05) is 35.0 Å². The molecule has 0 spiro atoms. The second-order valence-corrected chi connectivity index (χ2v) is 3.16. The molecule has 2 aromatic rings. The number of hydrogen-bond donors (Lipinski definition) is 0. The quantitative estimate of drug-likeness (QED) is 0.662. The summed E-state index contributed by atoms with van der Waals surface area (Å²) < 4.78 is 5.00. The molecule has 2 nitrogen and oxygen atoms in total. The Balaban J connectivity index is 2.47. The molecule has 0 aliphatic heterocycles. The number of benzene rings is 1. The van der Waals surface area contributed by atoms with Gasteiger partial charge in [0.1, 0.15) is 5.76 Å². The van der Waals surface area contributed by atoms with Gasteiger partial charge in [-0.3, -0.25) is 0 Å². The minimum Gasteiger partial charge on any atom is -0.361 e. The molecule has 0 aliphatic rings. The zero-order chi connectivity index (χ0) is 9.26. The van der Waals surface area contributed by atoms with Crippen molar-refractivity contribution in [2.45, 2.75) is 13.8 Å². The van der Waals surface area contributed by atoms with E-state index in [4.69, 9.17) is 4.52 Å². The fraction of sp³-hybridized carbons (Fsp3) is 0.182. The highest BCUT2D eigenvalue weighted by molar-refractivity contribution is 5.64. The van der Waals surface area contributed by atoms with Gasteiger partial charge in [-0.25, -0.2) is 0 Å². The SMILES string of the molecule is Cc1ccc(-c2cnoc2C)cc1. The molecule has 1 aromatic heterocycles. The van der Waals surface area contributed by atoms with Crippen LogP contribution in [0.5, 0.6) is 0 Å². The number of rotatable bonds is 1. The van der Waals surface area contributed by atoms with Gasteiger partial charge < -0.3 is 4.52 Å². The van der Waals surface area contributed by atoms with Crippen molar-refractivity contribution in [1.82, 2.24) is 5.16 Å². The molecule has 2 heteroatoms. The maximum atomic E-state index is 5.00. The topological polar surface area (TPSA) is 26.0 Å². The van der Waals surface area contributed by atoms with Crippen molar-refractivity contribution in [3.63, 3.8) is 0 Å². The first-order valence-corrected chi connectivity index (χ1v) is 4.25. The van der Waals surface area contributed by atoms with E-state index >= 15 is 0 Å². The molecule has 0 N–H and O–H groups in total. The molecule has 0 aliphatic carbocycles. The monoisotopic (exact) mass is 173 g/mol. The zero-order valence-corrected chi connectivity index (χ0v) is 7.74. The van der Waals surface area contributed by atoms with E-state index in [1.165, 1.54) is 5.56 Å². The minimum atomic E-state index is 0.865. The van der Waals surface area contributed by atoms with Crippen LogP contribution < -0.4 is 0 Å². The molecule has 0 atom stereocenters. The molecule has 13 heavy (non-hydrogen) atoms. The Bertz CT molecular complexity index is 400. The highest BCUT2D eigenvalue weighted by Crippen LogP contribution is 2.22. The molecular formula is C11H11NO. The van der Waals surface area contributed by atoms with Crippen molar-refractivity contribution in [3.05, 3.63) is 41.8 Å². The van der Waals surface area contributed by atoms with E-state index in [1.54, 1.807) is 6.20 Å². The highest BCUT2D eigenvalue weighted by Gasteiger charge is 2.04. The van der Waals surface area contributed by atoms with E-state index < -0.39 is 0 Å². The molecule has 0 fully saturated rings. The Kier molecular flexibility index (Phi) is 1.89. The Morgan fingerprint density at radius 2 is 1.77 bits per heavy atom. The van der Waals surface area contributed by atoms with E-state index in [1.807, 2.05) is 6.92 Å². The average molecular weight is 173 g/mol. The summed E-state index contributed by atoms with van der Waals surface area (Å²) in [6.07, 6.45) is 1.75. The average Bonchev–Trinajstić information content (AvgIpc) is 2.53. The molecule has 1 heterocycles. The lowest BCUT2D eigenvalue weighted by Gasteiger charge is -1.97. The Morgan fingerprint density at radius 3 is 2.31 bits per heavy atom. The predicted octanol–water partition coefficient (Wildman–Crippen LogP) is 2.96. The van der Waals surface area contributed by atoms with Crippen LogP contribution in [0.1, 0.15) is 11.3 Å². The van der Waals surface area contributed by atoms with E-state index in [-0.39, 0.29) is 0 Å². The second-order valence-electron chi connectivity index (χ2n) is 3.16. The summed E-state index contributed by atoms with van der Waals surface area (Å²) in [5.41, 5.74) is 3.49. The lowest BCUT2D eigenvalue weighted by atomic mass is 10.1. The van der Waals surface area contributed by atoms with Gasteiger partial charge in [-0.05, 0) is 19.4 Å². The van der Waals surface area contributed by atoms with Crippen LogP contribution in [-0.2, 0) is 0 Å². The molecule has 1 aromatic carbocycles. The van der Waals surface area contributed by atoms with Crippen molar-refractivity contribution >= 4 is 0 Å². The van der Waals surface area contributed by atoms with Crippen LogP contribution in [0.3, 0.4) is 0 Å². The molecule has 0 unspecified atom stereocenters. The van der Waals surface area contributed by atoms with Gasteiger partial charge in [0, 0.05) is 5.56 Å². The molecule has 0 amide bonds. The van der Waals surface area contributed by atoms with Gasteiger partial charge >= 0.3 is 0 Å². The fourth-order valence-corrected chi connectivity index (χ4v) is 1.31. The van der Waals surface area contributed by atoms with Crippen molar-refractivity contribution in [1.29, 1.82) is 0 Å². The summed E-state index contributed by atoms with van der Waals surface area (Å²) in [5.74, 6) is 0.865. The standard InChI is InChI=1S/C11H11NO/c1-8-3-5-10(6-4-8)11-7-12-13-9(11)2/h3-7H,1-2H3. The van der Waals surface area contributed by atoms with Gasteiger partial charge in [0.05, 0.1) is 6.20 Å². The zero-order valence-electron chi connectivity index (χ0n) is 7.74. The van der Waals surface area contributed by atoms with Crippen LogP contribution in [0, 0.1) is 13.8 Å². The van der Waals surface area contributed by atoms with Gasteiger partial charge in [0.25, 0.3) is 0 Å². The van der Waals surface area contributed by atoms with Gasteiger partial charge in [-0.2, -0.15) is 0 Å². The van der Waals surface area contributed by atoms with E-state index in [2.05, 4.69) is 36.3 Å². The van der Waals surface area contributed by atoms with E-state index in [9.17, 15) is 0 Å². The summed E-state index contributed by atoms with van der Waals surface area (Å²) in [6, 6.07) is 8.33. The van der Waals surface area contributed by atoms with Crippen molar-refractivity contribution in [2.75, 3.05) is 0 Å². The number of aryl methyl sites for hydroxylation is 2. The van der Waals surface area contributed by atoms with Crippen molar-refractivity contribution in [3.8, 4) is 11.1 Å². The smallest absolute Gasteiger partial charge is 0.141 e. The lowest BCUT2D eigenvalue weighted by Crippen LogP contribution is -1.77. The van der Waals surface area contributed by atoms with E-state index in [0.717, 1.165) is 16.9 Å². The maximum Gasteiger partial charge on any atom is 0.141 e. The number of hydrogen-bond acceptors (Lipinski definition) is 2. The molecule has 0 bridgehead atoms. The minimum absolute atomic E-state index is 0.865. The summed E-state index contributed by atoms with van der Waals surface area (Å²) in [6.45, 7) is 3.99. The van der Waals surface area contributed by atoms with Crippen LogP contribution in [0.15, 0.2) is 35.0 Å². The number of nitrogens with zero attached hydrogens (tertiary/aromatic N) is 1. The van der Waals surface area contributed by atoms with Crippen LogP contribution in [0.25, 0.3) is 11.1 Å². The first kappa shape index (κ1) is 8.05.